The van der Waals surface area contributed by atoms with Crippen molar-refractivity contribution in [3.63, 3.8) is 0 Å². The van der Waals surface area contributed by atoms with Crippen LogP contribution in [0.25, 0.3) is 11.1 Å². The summed E-state index contributed by atoms with van der Waals surface area (Å²) in [7, 11) is 1.49. The molecule has 0 aromatic heterocycles. The highest BCUT2D eigenvalue weighted by Crippen LogP contribution is 2.72. The Bertz CT molecular complexity index is 3240. The normalized spacial score (nSPS) is 29.1. The minimum atomic E-state index is -0.680. The first kappa shape index (κ1) is 47.6. The van der Waals surface area contributed by atoms with Crippen LogP contribution in [0.3, 0.4) is 0 Å². The first-order valence-electron chi connectivity index (χ1n) is 28.9. The Balaban J connectivity index is 0.712. The van der Waals surface area contributed by atoms with E-state index in [0.29, 0.717) is 56.6 Å². The van der Waals surface area contributed by atoms with E-state index < -0.39 is 5.41 Å². The summed E-state index contributed by atoms with van der Waals surface area (Å²) >= 11 is 0. The SMILES string of the molecule is CC1CCC(C2(C3CCC(N4C(=O)c5ccc(Oc6ccc(C7(c8ccc(Oc9ccc%10c(c9)C(=O)N(C)C%10=O)cc8)c8ccccc8-c8ccccc87)cc6)cc5C4=O)CC3)C3CCCCC3C3CCCCC32)CC1. The van der Waals surface area contributed by atoms with Crippen molar-refractivity contribution in [3.05, 3.63) is 178 Å². The Kier molecular flexibility index (Phi) is 11.6. The molecule has 2 aliphatic heterocycles. The molecule has 0 bridgehead atoms. The molecular formula is C68H68N2O6. The zero-order valence-electron chi connectivity index (χ0n) is 44.0. The lowest BCUT2D eigenvalue weighted by Crippen LogP contribution is -2.51. The number of nitrogens with zero attached hydrogens (tertiary/aromatic N) is 2. The van der Waals surface area contributed by atoms with E-state index >= 15 is 0 Å². The molecule has 8 heteroatoms. The van der Waals surface area contributed by atoms with Gasteiger partial charge in [0.15, 0.2) is 0 Å². The predicted octanol–water partition coefficient (Wildman–Crippen LogP) is 15.5. The van der Waals surface area contributed by atoms with Crippen molar-refractivity contribution >= 4 is 23.6 Å². The van der Waals surface area contributed by atoms with Gasteiger partial charge in [-0.1, -0.05) is 118 Å². The summed E-state index contributed by atoms with van der Waals surface area (Å²) in [6.07, 6.45) is 21.1. The largest absolute Gasteiger partial charge is 0.457 e. The Hall–Kier alpha value is -6.80. The van der Waals surface area contributed by atoms with Gasteiger partial charge in [0.05, 0.1) is 27.7 Å². The summed E-state index contributed by atoms with van der Waals surface area (Å²) in [5, 5.41) is 0. The Morgan fingerprint density at radius 1 is 0.421 bits per heavy atom. The van der Waals surface area contributed by atoms with Crippen LogP contribution >= 0.6 is 0 Å². The zero-order chi connectivity index (χ0) is 51.5. The summed E-state index contributed by atoms with van der Waals surface area (Å²) in [4.78, 5) is 56.9. The fraction of sp³-hybridized carbons (Fsp3) is 0.412. The van der Waals surface area contributed by atoms with Gasteiger partial charge in [0.25, 0.3) is 23.6 Å². The maximum absolute atomic E-state index is 14.5. The molecule has 386 valence electrons. The van der Waals surface area contributed by atoms with Crippen molar-refractivity contribution in [1.29, 1.82) is 0 Å². The molecule has 4 atom stereocenters. The van der Waals surface area contributed by atoms with Crippen LogP contribution in [-0.4, -0.2) is 46.5 Å². The molecule has 6 aromatic rings. The molecule has 8 nitrogen and oxygen atoms in total. The van der Waals surface area contributed by atoms with Gasteiger partial charge in [-0.2, -0.15) is 0 Å². The van der Waals surface area contributed by atoms with Gasteiger partial charge in [-0.25, -0.2) is 0 Å². The van der Waals surface area contributed by atoms with Gasteiger partial charge in [0.1, 0.15) is 23.0 Å². The van der Waals surface area contributed by atoms with E-state index in [1.54, 1.807) is 35.2 Å². The number of carbonyl (C=O) groups excluding carboxylic acids is 4. The van der Waals surface area contributed by atoms with Crippen LogP contribution in [0.4, 0.5) is 0 Å². The standard InChI is InChI=1S/C68H68N2O6/c1-41-19-21-42(22-20-41)67(59-15-7-3-11-51(59)52-12-4-8-16-60(52)67)43-23-29-46(30-24-43)70-65(73)56-38-36-50(40-58(56)66(70)74)76-48-33-27-45(28-34-48)68(61-17-9-5-13-53(61)54-14-6-10-18-62(54)68)44-25-31-47(32-26-44)75-49-35-37-55-57(39-49)64(72)69(2)63(55)71/h5-6,9-10,13-14,17-18,25-28,31-43,46,51-52,59-60H,3-4,7-8,11-12,15-16,19-24,29-30H2,1-2H3. The highest BCUT2D eigenvalue weighted by molar-refractivity contribution is 6.22. The van der Waals surface area contributed by atoms with Crippen LogP contribution in [0.15, 0.2) is 133 Å². The number of hydrogen-bond donors (Lipinski definition) is 0. The van der Waals surface area contributed by atoms with Crippen molar-refractivity contribution in [1.82, 2.24) is 9.80 Å². The lowest BCUT2D eigenvalue weighted by Gasteiger charge is -2.57. The Morgan fingerprint density at radius 3 is 1.37 bits per heavy atom. The van der Waals surface area contributed by atoms with E-state index in [1.807, 2.05) is 30.3 Å². The van der Waals surface area contributed by atoms with E-state index in [1.165, 1.54) is 95.2 Å². The van der Waals surface area contributed by atoms with Crippen LogP contribution in [0.1, 0.15) is 173 Å². The molecule has 0 saturated heterocycles. The molecule has 0 spiro atoms. The van der Waals surface area contributed by atoms with Gasteiger partial charge in [-0.15, -0.1) is 0 Å². The highest BCUT2D eigenvalue weighted by atomic mass is 16.5. The molecule has 76 heavy (non-hydrogen) atoms. The number of ether oxygens (including phenoxy) is 2. The van der Waals surface area contributed by atoms with Gasteiger partial charge in [0, 0.05) is 13.1 Å². The monoisotopic (exact) mass is 1010 g/mol. The Morgan fingerprint density at radius 2 is 0.842 bits per heavy atom. The van der Waals surface area contributed by atoms with Crippen molar-refractivity contribution in [2.24, 2.45) is 46.8 Å². The second-order valence-corrected chi connectivity index (χ2v) is 24.2. The van der Waals surface area contributed by atoms with Crippen molar-refractivity contribution in [2.75, 3.05) is 7.05 Å². The minimum absolute atomic E-state index is 0.0662. The Labute approximate surface area is 447 Å². The topological polar surface area (TPSA) is 93.2 Å². The average molecular weight is 1010 g/mol. The third-order valence-corrected chi connectivity index (χ3v) is 20.9. The number of amides is 4. The van der Waals surface area contributed by atoms with Gasteiger partial charge in [0.2, 0.25) is 0 Å². The van der Waals surface area contributed by atoms with Gasteiger partial charge in [-0.05, 0) is 205 Å². The minimum Gasteiger partial charge on any atom is -0.457 e. The average Bonchev–Trinajstić information content (AvgIpc) is 4.12. The molecule has 5 fully saturated rings. The van der Waals surface area contributed by atoms with Crippen LogP contribution in [0, 0.1) is 46.8 Å². The number of imide groups is 2. The predicted molar refractivity (Wildman–Crippen MR) is 294 cm³/mol. The summed E-state index contributed by atoms with van der Waals surface area (Å²) in [5.74, 6) is 7.22. The number of fused-ring (bicyclic) bond motifs is 8. The number of benzene rings is 6. The molecule has 6 aliphatic carbocycles. The highest BCUT2D eigenvalue weighted by Gasteiger charge is 2.65. The molecule has 0 radical (unpaired) electrons. The number of hydrogen-bond acceptors (Lipinski definition) is 6. The van der Waals surface area contributed by atoms with Gasteiger partial charge in [-0.3, -0.25) is 29.0 Å². The summed E-state index contributed by atoms with van der Waals surface area (Å²) in [6, 6.07) is 43.9. The molecule has 4 amide bonds. The third-order valence-electron chi connectivity index (χ3n) is 20.9. The quantitative estimate of drug-likeness (QED) is 0.134. The van der Waals surface area contributed by atoms with Crippen LogP contribution in [-0.2, 0) is 5.41 Å². The van der Waals surface area contributed by atoms with E-state index in [0.717, 1.165) is 88.3 Å². The molecule has 6 aromatic carbocycles. The van der Waals surface area contributed by atoms with Crippen molar-refractivity contribution < 1.29 is 28.7 Å². The van der Waals surface area contributed by atoms with Crippen molar-refractivity contribution in [3.8, 4) is 34.1 Å². The lowest BCUT2D eigenvalue weighted by molar-refractivity contribution is -0.0815. The van der Waals surface area contributed by atoms with Crippen LogP contribution in [0.2, 0.25) is 0 Å². The fourth-order valence-corrected chi connectivity index (χ4v) is 17.9. The summed E-state index contributed by atoms with van der Waals surface area (Å²) < 4.78 is 12.9. The second-order valence-electron chi connectivity index (χ2n) is 24.2. The first-order valence-corrected chi connectivity index (χ1v) is 28.9. The molecule has 2 heterocycles. The fourth-order valence-electron chi connectivity index (χ4n) is 17.9. The molecular weight excluding hydrogens is 941 g/mol. The van der Waals surface area contributed by atoms with E-state index in [4.69, 9.17) is 9.47 Å². The van der Waals surface area contributed by atoms with Crippen molar-refractivity contribution in [2.45, 2.75) is 121 Å². The molecule has 8 aliphatic rings. The number of rotatable bonds is 9. The smallest absolute Gasteiger partial charge is 0.261 e. The van der Waals surface area contributed by atoms with Gasteiger partial charge >= 0.3 is 0 Å². The molecule has 4 unspecified atom stereocenters. The van der Waals surface area contributed by atoms with Crippen LogP contribution in [0.5, 0.6) is 23.0 Å². The van der Waals surface area contributed by atoms with Gasteiger partial charge < -0.3 is 9.47 Å². The zero-order valence-corrected chi connectivity index (χ0v) is 44.0. The maximum atomic E-state index is 14.5. The summed E-state index contributed by atoms with van der Waals surface area (Å²) in [5.41, 5.74) is 8.18. The first-order chi connectivity index (χ1) is 37.1. The van der Waals surface area contributed by atoms with E-state index in [-0.39, 0.29) is 29.7 Å². The summed E-state index contributed by atoms with van der Waals surface area (Å²) in [6.45, 7) is 2.48. The molecule has 14 rings (SSSR count). The number of carbonyl (C=O) groups is 4. The molecule has 0 N–H and O–H groups in total. The van der Waals surface area contributed by atoms with E-state index in [2.05, 4.69) is 79.7 Å². The van der Waals surface area contributed by atoms with E-state index in [9.17, 15) is 19.2 Å². The van der Waals surface area contributed by atoms with Crippen LogP contribution < -0.4 is 9.47 Å². The second kappa shape index (κ2) is 18.5. The maximum Gasteiger partial charge on any atom is 0.261 e. The lowest BCUT2D eigenvalue weighted by atomic mass is 9.48. The molecule has 5 saturated carbocycles. The third kappa shape index (κ3) is 7.13.